The van der Waals surface area contributed by atoms with Crippen LogP contribution in [0.4, 0.5) is 0 Å². The van der Waals surface area contributed by atoms with Gasteiger partial charge >= 0.3 is 0 Å². The maximum absolute atomic E-state index is 4.84. The van der Waals surface area contributed by atoms with Crippen molar-refractivity contribution in [2.45, 2.75) is 52.0 Å². The van der Waals surface area contributed by atoms with Crippen molar-refractivity contribution in [2.24, 2.45) is 5.92 Å². The third-order valence-electron chi connectivity index (χ3n) is 4.18. The van der Waals surface area contributed by atoms with Crippen LogP contribution < -0.4 is 0 Å². The van der Waals surface area contributed by atoms with Crippen LogP contribution in [0.1, 0.15) is 44.9 Å². The van der Waals surface area contributed by atoms with Crippen LogP contribution in [-0.4, -0.2) is 9.55 Å². The summed E-state index contributed by atoms with van der Waals surface area (Å²) < 4.78 is 3.59. The van der Waals surface area contributed by atoms with Gasteiger partial charge in [-0.05, 0) is 43.4 Å². The van der Waals surface area contributed by atoms with Crippen LogP contribution in [0.5, 0.6) is 0 Å². The lowest BCUT2D eigenvalue weighted by atomic mass is 10.1. The molecule has 0 atom stereocenters. The molecule has 0 radical (unpaired) electrons. The van der Waals surface area contributed by atoms with Gasteiger partial charge in [-0.3, -0.25) is 0 Å². The normalized spacial score (nSPS) is 16.5. The molecule has 3 rings (SSSR count). The molecule has 2 nitrogen and oxygen atoms in total. The molecule has 0 N–H and O–H groups in total. The molecule has 0 amide bonds. The van der Waals surface area contributed by atoms with Gasteiger partial charge in [0, 0.05) is 17.4 Å². The highest BCUT2D eigenvalue weighted by atomic mass is 79.9. The summed E-state index contributed by atoms with van der Waals surface area (Å²) in [5, 5.41) is 0. The first kappa shape index (κ1) is 13.2. The van der Waals surface area contributed by atoms with Crippen molar-refractivity contribution in [3.8, 4) is 0 Å². The zero-order chi connectivity index (χ0) is 13.2. The number of imidazole rings is 1. The molecule has 1 aromatic carbocycles. The van der Waals surface area contributed by atoms with Gasteiger partial charge in [0.1, 0.15) is 5.82 Å². The van der Waals surface area contributed by atoms with E-state index in [1.807, 2.05) is 0 Å². The second-order valence-corrected chi connectivity index (χ2v) is 6.59. The molecule has 3 heteroatoms. The van der Waals surface area contributed by atoms with Crippen molar-refractivity contribution < 1.29 is 0 Å². The van der Waals surface area contributed by atoms with Crippen molar-refractivity contribution in [2.75, 3.05) is 0 Å². The van der Waals surface area contributed by atoms with Gasteiger partial charge in [0.05, 0.1) is 11.0 Å². The molecule has 1 aliphatic carbocycles. The van der Waals surface area contributed by atoms with Crippen LogP contribution in [0.3, 0.4) is 0 Å². The molecule has 0 aliphatic heterocycles. The monoisotopic (exact) mass is 320 g/mol. The third-order valence-corrected chi connectivity index (χ3v) is 4.67. The van der Waals surface area contributed by atoms with E-state index < -0.39 is 0 Å². The minimum absolute atomic E-state index is 0.858. The predicted octanol–water partition coefficient (Wildman–Crippen LogP) is 4.94. The van der Waals surface area contributed by atoms with Crippen molar-refractivity contribution in [3.05, 3.63) is 28.5 Å². The summed E-state index contributed by atoms with van der Waals surface area (Å²) in [6.45, 7) is 3.39. The predicted molar refractivity (Wildman–Crippen MR) is 83.4 cm³/mol. The number of hydrogen-bond acceptors (Lipinski definition) is 1. The maximum Gasteiger partial charge on any atom is 0.109 e. The van der Waals surface area contributed by atoms with E-state index in [1.54, 1.807) is 0 Å². The Balaban J connectivity index is 2.00. The molecular formula is C16H21BrN2. The lowest BCUT2D eigenvalue weighted by Crippen LogP contribution is -2.10. The number of fused-ring (bicyclic) bond motifs is 1. The average Bonchev–Trinajstić information content (AvgIpc) is 2.99. The number of benzene rings is 1. The van der Waals surface area contributed by atoms with Gasteiger partial charge in [0.2, 0.25) is 0 Å². The van der Waals surface area contributed by atoms with Gasteiger partial charge in [0.25, 0.3) is 0 Å². The Morgan fingerprint density at radius 2 is 2.11 bits per heavy atom. The lowest BCUT2D eigenvalue weighted by molar-refractivity contribution is 0.453. The van der Waals surface area contributed by atoms with E-state index in [1.165, 1.54) is 37.0 Å². The molecule has 102 valence electrons. The van der Waals surface area contributed by atoms with Crippen LogP contribution in [0, 0.1) is 5.92 Å². The summed E-state index contributed by atoms with van der Waals surface area (Å²) in [7, 11) is 0. The van der Waals surface area contributed by atoms with Crippen molar-refractivity contribution in [1.29, 1.82) is 0 Å². The molecule has 1 fully saturated rings. The molecule has 1 heterocycles. The fraction of sp³-hybridized carbons (Fsp3) is 0.562. The minimum atomic E-state index is 0.858. The zero-order valence-corrected chi connectivity index (χ0v) is 13.1. The smallest absolute Gasteiger partial charge is 0.109 e. The minimum Gasteiger partial charge on any atom is -0.328 e. The van der Waals surface area contributed by atoms with Gasteiger partial charge in [0.15, 0.2) is 0 Å². The Labute approximate surface area is 123 Å². The Hall–Kier alpha value is -0.830. The highest BCUT2D eigenvalue weighted by Gasteiger charge is 2.18. The molecule has 0 saturated heterocycles. The van der Waals surface area contributed by atoms with Gasteiger partial charge < -0.3 is 4.57 Å². The van der Waals surface area contributed by atoms with Crippen molar-refractivity contribution in [3.63, 3.8) is 0 Å². The second-order valence-electron chi connectivity index (χ2n) is 5.67. The summed E-state index contributed by atoms with van der Waals surface area (Å²) in [5.74, 6) is 2.12. The largest absolute Gasteiger partial charge is 0.328 e. The Morgan fingerprint density at radius 3 is 2.84 bits per heavy atom. The van der Waals surface area contributed by atoms with Crippen molar-refractivity contribution >= 4 is 27.0 Å². The summed E-state index contributed by atoms with van der Waals surface area (Å²) in [6.07, 6.45) is 7.84. The molecule has 0 bridgehead atoms. The number of rotatable bonds is 4. The van der Waals surface area contributed by atoms with Gasteiger partial charge in [-0.2, -0.15) is 0 Å². The van der Waals surface area contributed by atoms with Crippen molar-refractivity contribution in [1.82, 2.24) is 9.55 Å². The number of nitrogens with zero attached hydrogens (tertiary/aromatic N) is 2. The summed E-state index contributed by atoms with van der Waals surface area (Å²) in [4.78, 5) is 4.84. The first-order valence-electron chi connectivity index (χ1n) is 7.42. The molecule has 2 aromatic rings. The van der Waals surface area contributed by atoms with Gasteiger partial charge in [-0.15, -0.1) is 0 Å². The van der Waals surface area contributed by atoms with E-state index in [0.29, 0.717) is 0 Å². The van der Waals surface area contributed by atoms with E-state index in [0.717, 1.165) is 35.3 Å². The van der Waals surface area contributed by atoms with Crippen LogP contribution in [0.15, 0.2) is 22.7 Å². The van der Waals surface area contributed by atoms with E-state index in [2.05, 4.69) is 45.6 Å². The molecule has 0 spiro atoms. The molecule has 19 heavy (non-hydrogen) atoms. The molecule has 1 saturated carbocycles. The van der Waals surface area contributed by atoms with Crippen LogP contribution in [0.2, 0.25) is 0 Å². The Kier molecular flexibility index (Phi) is 3.92. The standard InChI is InChI=1S/C16H21BrN2/c1-2-5-16-18-14-10-13(17)8-9-15(14)19(16)11-12-6-3-4-7-12/h8-10,12H,2-7,11H2,1H3. The maximum atomic E-state index is 4.84. The fourth-order valence-corrected chi connectivity index (χ4v) is 3.57. The number of aromatic nitrogens is 2. The third kappa shape index (κ3) is 2.71. The fourth-order valence-electron chi connectivity index (χ4n) is 3.22. The van der Waals surface area contributed by atoms with E-state index in [4.69, 9.17) is 4.98 Å². The first-order chi connectivity index (χ1) is 9.28. The molecular weight excluding hydrogens is 300 g/mol. The molecule has 1 aliphatic rings. The molecule has 1 aromatic heterocycles. The van der Waals surface area contributed by atoms with E-state index in [9.17, 15) is 0 Å². The number of halogens is 1. The van der Waals surface area contributed by atoms with E-state index >= 15 is 0 Å². The quantitative estimate of drug-likeness (QED) is 0.780. The van der Waals surface area contributed by atoms with E-state index in [-0.39, 0.29) is 0 Å². The summed E-state index contributed by atoms with van der Waals surface area (Å²) in [5.41, 5.74) is 2.44. The Bertz CT molecular complexity index is 567. The number of aryl methyl sites for hydroxylation is 1. The summed E-state index contributed by atoms with van der Waals surface area (Å²) >= 11 is 3.54. The Morgan fingerprint density at radius 1 is 1.32 bits per heavy atom. The highest BCUT2D eigenvalue weighted by Crippen LogP contribution is 2.29. The van der Waals surface area contributed by atoms with Crippen LogP contribution in [0.25, 0.3) is 11.0 Å². The average molecular weight is 321 g/mol. The topological polar surface area (TPSA) is 17.8 Å². The number of hydrogen-bond donors (Lipinski definition) is 0. The van der Waals surface area contributed by atoms with Crippen LogP contribution in [-0.2, 0) is 13.0 Å². The van der Waals surface area contributed by atoms with Gasteiger partial charge in [-0.25, -0.2) is 4.98 Å². The highest BCUT2D eigenvalue weighted by molar-refractivity contribution is 9.10. The van der Waals surface area contributed by atoms with Crippen LogP contribution >= 0.6 is 15.9 Å². The molecule has 0 unspecified atom stereocenters. The zero-order valence-electron chi connectivity index (χ0n) is 11.5. The second kappa shape index (κ2) is 5.66. The first-order valence-corrected chi connectivity index (χ1v) is 8.22. The lowest BCUT2D eigenvalue weighted by Gasteiger charge is -2.14. The SMILES string of the molecule is CCCc1nc2cc(Br)ccc2n1CC1CCCC1. The van der Waals surface area contributed by atoms with Gasteiger partial charge in [-0.1, -0.05) is 35.7 Å². The summed E-state index contributed by atoms with van der Waals surface area (Å²) in [6, 6.07) is 6.48.